The Hall–Kier alpha value is -3.53. The molecule has 0 spiro atoms. The van der Waals surface area contributed by atoms with Gasteiger partial charge in [0, 0.05) is 16.5 Å². The largest absolute Gasteiger partial charge is 0.497 e. The highest BCUT2D eigenvalue weighted by Crippen LogP contribution is 2.39. The van der Waals surface area contributed by atoms with Crippen LogP contribution in [0.5, 0.6) is 5.75 Å². The van der Waals surface area contributed by atoms with Crippen molar-refractivity contribution >= 4 is 16.9 Å². The van der Waals surface area contributed by atoms with E-state index >= 15 is 0 Å². The van der Waals surface area contributed by atoms with Crippen molar-refractivity contribution in [3.8, 4) is 28.0 Å². The van der Waals surface area contributed by atoms with Gasteiger partial charge in [0.15, 0.2) is 0 Å². The van der Waals surface area contributed by atoms with E-state index in [0.29, 0.717) is 17.8 Å². The maximum absolute atomic E-state index is 12.6. The molecule has 3 aromatic carbocycles. The van der Waals surface area contributed by atoms with Crippen LogP contribution in [0.4, 0.5) is 0 Å². The predicted molar refractivity (Wildman–Crippen MR) is 110 cm³/mol. The third-order valence-corrected chi connectivity index (χ3v) is 4.70. The van der Waals surface area contributed by atoms with Crippen LogP contribution in [0.25, 0.3) is 33.2 Å². The Labute approximate surface area is 163 Å². The Balaban J connectivity index is 1.95. The first kappa shape index (κ1) is 17.9. The van der Waals surface area contributed by atoms with Crippen molar-refractivity contribution in [2.45, 2.75) is 6.92 Å². The summed E-state index contributed by atoms with van der Waals surface area (Å²) < 4.78 is 16.5. The maximum atomic E-state index is 12.6. The molecule has 0 atom stereocenters. The van der Waals surface area contributed by atoms with E-state index in [2.05, 4.69) is 0 Å². The number of rotatable bonds is 5. The van der Waals surface area contributed by atoms with E-state index in [1.807, 2.05) is 66.7 Å². The molecule has 1 heterocycles. The average Bonchev–Trinajstić information content (AvgIpc) is 3.19. The second-order valence-corrected chi connectivity index (χ2v) is 6.33. The van der Waals surface area contributed by atoms with E-state index in [-0.39, 0.29) is 5.97 Å². The molecule has 0 N–H and O–H groups in total. The summed E-state index contributed by atoms with van der Waals surface area (Å²) in [5, 5.41) is 0.762. The number of carbonyl (C=O) groups is 1. The van der Waals surface area contributed by atoms with Crippen molar-refractivity contribution in [1.29, 1.82) is 0 Å². The van der Waals surface area contributed by atoms with E-state index in [4.69, 9.17) is 13.9 Å². The SMILES string of the molecule is CCOC(=O)c1ccc(-c2ccc(OC)cc2)c2occ(-c3ccccc3)c12. The molecular weight excluding hydrogens is 352 g/mol. The lowest BCUT2D eigenvalue weighted by Gasteiger charge is -2.09. The Bertz CT molecular complexity index is 1110. The molecule has 0 saturated heterocycles. The molecule has 0 amide bonds. The zero-order valence-electron chi connectivity index (χ0n) is 15.8. The second-order valence-electron chi connectivity index (χ2n) is 6.33. The van der Waals surface area contributed by atoms with Gasteiger partial charge in [-0.1, -0.05) is 42.5 Å². The summed E-state index contributed by atoms with van der Waals surface area (Å²) in [6.07, 6.45) is 1.70. The smallest absolute Gasteiger partial charge is 0.338 e. The highest BCUT2D eigenvalue weighted by atomic mass is 16.5. The number of hydrogen-bond donors (Lipinski definition) is 0. The zero-order valence-corrected chi connectivity index (χ0v) is 15.8. The first-order valence-corrected chi connectivity index (χ1v) is 9.14. The van der Waals surface area contributed by atoms with Gasteiger partial charge in [-0.2, -0.15) is 0 Å². The van der Waals surface area contributed by atoms with Gasteiger partial charge >= 0.3 is 5.97 Å². The van der Waals surface area contributed by atoms with E-state index in [1.165, 1.54) is 0 Å². The summed E-state index contributed by atoms with van der Waals surface area (Å²) in [6, 6.07) is 21.3. The number of hydrogen-bond acceptors (Lipinski definition) is 4. The molecule has 0 aliphatic rings. The number of methoxy groups -OCH3 is 1. The minimum atomic E-state index is -0.354. The van der Waals surface area contributed by atoms with E-state index in [1.54, 1.807) is 20.3 Å². The van der Waals surface area contributed by atoms with Crippen molar-refractivity contribution in [3.05, 3.63) is 78.6 Å². The third kappa shape index (κ3) is 3.14. The molecule has 4 nitrogen and oxygen atoms in total. The minimum absolute atomic E-state index is 0.319. The standard InChI is InChI=1S/C24H20O4/c1-3-27-24(25)20-14-13-19(17-9-11-18(26-2)12-10-17)23-22(20)21(15-28-23)16-7-5-4-6-8-16/h4-15H,3H2,1-2H3. The van der Waals surface area contributed by atoms with Gasteiger partial charge in [-0.25, -0.2) is 4.79 Å². The number of esters is 1. The zero-order chi connectivity index (χ0) is 19.5. The van der Waals surface area contributed by atoms with Gasteiger partial charge in [0.2, 0.25) is 0 Å². The molecule has 0 aliphatic carbocycles. The van der Waals surface area contributed by atoms with Crippen molar-refractivity contribution in [1.82, 2.24) is 0 Å². The molecule has 0 unspecified atom stereocenters. The van der Waals surface area contributed by atoms with Crippen molar-refractivity contribution in [2.24, 2.45) is 0 Å². The van der Waals surface area contributed by atoms with Crippen LogP contribution in [0.3, 0.4) is 0 Å². The molecule has 28 heavy (non-hydrogen) atoms. The number of carbonyl (C=O) groups excluding carboxylic acids is 1. The lowest BCUT2D eigenvalue weighted by Crippen LogP contribution is -2.05. The summed E-state index contributed by atoms with van der Waals surface area (Å²) in [5.41, 5.74) is 4.91. The van der Waals surface area contributed by atoms with Crippen LogP contribution in [-0.4, -0.2) is 19.7 Å². The van der Waals surface area contributed by atoms with Crippen LogP contribution in [0.15, 0.2) is 77.4 Å². The summed E-state index contributed by atoms with van der Waals surface area (Å²) >= 11 is 0. The van der Waals surface area contributed by atoms with Gasteiger partial charge in [0.25, 0.3) is 0 Å². The summed E-state index contributed by atoms with van der Waals surface area (Å²) in [6.45, 7) is 2.12. The first-order chi connectivity index (χ1) is 13.7. The van der Waals surface area contributed by atoms with Gasteiger partial charge in [-0.15, -0.1) is 0 Å². The van der Waals surface area contributed by atoms with Crippen molar-refractivity contribution in [2.75, 3.05) is 13.7 Å². The molecule has 4 rings (SSSR count). The lowest BCUT2D eigenvalue weighted by molar-refractivity contribution is 0.0528. The Morgan fingerprint density at radius 2 is 1.61 bits per heavy atom. The normalized spacial score (nSPS) is 10.8. The van der Waals surface area contributed by atoms with Crippen LogP contribution in [0.2, 0.25) is 0 Å². The van der Waals surface area contributed by atoms with E-state index in [9.17, 15) is 4.79 Å². The predicted octanol–water partition coefficient (Wildman–Crippen LogP) is 5.95. The van der Waals surface area contributed by atoms with Crippen LogP contribution < -0.4 is 4.74 Å². The first-order valence-electron chi connectivity index (χ1n) is 9.14. The number of benzene rings is 3. The fourth-order valence-electron chi connectivity index (χ4n) is 3.36. The topological polar surface area (TPSA) is 48.7 Å². The molecule has 4 heteroatoms. The number of furan rings is 1. The molecule has 0 saturated carbocycles. The maximum Gasteiger partial charge on any atom is 0.338 e. The summed E-state index contributed by atoms with van der Waals surface area (Å²) in [4.78, 5) is 12.6. The number of fused-ring (bicyclic) bond motifs is 1. The Morgan fingerprint density at radius 1 is 0.893 bits per heavy atom. The fraction of sp³-hybridized carbons (Fsp3) is 0.125. The van der Waals surface area contributed by atoms with Gasteiger partial charge in [-0.3, -0.25) is 0 Å². The van der Waals surface area contributed by atoms with Gasteiger partial charge in [0.05, 0.1) is 25.5 Å². The van der Waals surface area contributed by atoms with E-state index in [0.717, 1.165) is 33.4 Å². The molecule has 0 radical (unpaired) electrons. The van der Waals surface area contributed by atoms with E-state index < -0.39 is 0 Å². The molecule has 140 valence electrons. The van der Waals surface area contributed by atoms with Crippen LogP contribution in [0.1, 0.15) is 17.3 Å². The Morgan fingerprint density at radius 3 is 2.29 bits per heavy atom. The van der Waals surface area contributed by atoms with Crippen LogP contribution in [0, 0.1) is 0 Å². The van der Waals surface area contributed by atoms with Gasteiger partial charge in [0.1, 0.15) is 11.3 Å². The quantitative estimate of drug-likeness (QED) is 0.406. The van der Waals surface area contributed by atoms with Crippen molar-refractivity contribution in [3.63, 3.8) is 0 Å². The number of ether oxygens (including phenoxy) is 2. The highest BCUT2D eigenvalue weighted by Gasteiger charge is 2.21. The summed E-state index contributed by atoms with van der Waals surface area (Å²) in [7, 11) is 1.64. The molecule has 0 aliphatic heterocycles. The fourth-order valence-corrected chi connectivity index (χ4v) is 3.36. The molecule has 1 aromatic heterocycles. The highest BCUT2D eigenvalue weighted by molar-refractivity contribution is 6.13. The molecule has 0 fully saturated rings. The van der Waals surface area contributed by atoms with Crippen LogP contribution in [-0.2, 0) is 4.74 Å². The van der Waals surface area contributed by atoms with Gasteiger partial charge in [-0.05, 0) is 42.3 Å². The second kappa shape index (κ2) is 7.61. The molecular formula is C24H20O4. The molecule has 0 bridgehead atoms. The monoisotopic (exact) mass is 372 g/mol. The Kier molecular flexibility index (Phi) is 4.85. The minimum Gasteiger partial charge on any atom is -0.497 e. The molecule has 4 aromatic rings. The third-order valence-electron chi connectivity index (χ3n) is 4.70. The van der Waals surface area contributed by atoms with Gasteiger partial charge < -0.3 is 13.9 Å². The lowest BCUT2D eigenvalue weighted by atomic mass is 9.96. The van der Waals surface area contributed by atoms with Crippen molar-refractivity contribution < 1.29 is 18.7 Å². The average molecular weight is 372 g/mol. The summed E-state index contributed by atoms with van der Waals surface area (Å²) in [5.74, 6) is 0.430. The van der Waals surface area contributed by atoms with Crippen LogP contribution >= 0.6 is 0 Å².